The SMILES string of the molecule is CCC1(C(F)(F)F)N=CC(C(=O)O)=C(C(F)(F)F)N1. The Labute approximate surface area is 102 Å². The van der Waals surface area contributed by atoms with Crippen molar-refractivity contribution >= 4 is 12.2 Å². The second-order valence-corrected chi connectivity index (χ2v) is 3.69. The highest BCUT2D eigenvalue weighted by atomic mass is 19.4. The van der Waals surface area contributed by atoms with E-state index in [1.807, 2.05) is 0 Å². The average molecular weight is 290 g/mol. The summed E-state index contributed by atoms with van der Waals surface area (Å²) in [7, 11) is 0. The molecule has 0 bridgehead atoms. The summed E-state index contributed by atoms with van der Waals surface area (Å²) < 4.78 is 76.1. The van der Waals surface area contributed by atoms with E-state index in [-0.39, 0.29) is 6.21 Å². The molecule has 0 fully saturated rings. The van der Waals surface area contributed by atoms with E-state index < -0.39 is 41.7 Å². The Balaban J connectivity index is 3.37. The zero-order valence-electron chi connectivity index (χ0n) is 9.35. The lowest BCUT2D eigenvalue weighted by Crippen LogP contribution is -2.58. The minimum Gasteiger partial charge on any atom is -0.478 e. The van der Waals surface area contributed by atoms with E-state index in [2.05, 4.69) is 4.99 Å². The van der Waals surface area contributed by atoms with E-state index in [0.29, 0.717) is 0 Å². The zero-order valence-corrected chi connectivity index (χ0v) is 9.35. The highest BCUT2D eigenvalue weighted by Gasteiger charge is 2.58. The summed E-state index contributed by atoms with van der Waals surface area (Å²) in [5.74, 6) is -2.02. The van der Waals surface area contributed by atoms with E-state index in [1.54, 1.807) is 0 Å². The smallest absolute Gasteiger partial charge is 0.432 e. The number of halogens is 6. The van der Waals surface area contributed by atoms with Gasteiger partial charge >= 0.3 is 18.3 Å². The van der Waals surface area contributed by atoms with Gasteiger partial charge in [0.05, 0.1) is 0 Å². The highest BCUT2D eigenvalue weighted by molar-refractivity contribution is 6.10. The largest absolute Gasteiger partial charge is 0.478 e. The van der Waals surface area contributed by atoms with Crippen LogP contribution in [0.15, 0.2) is 16.3 Å². The van der Waals surface area contributed by atoms with Gasteiger partial charge in [0, 0.05) is 6.21 Å². The van der Waals surface area contributed by atoms with Crippen molar-refractivity contribution in [1.29, 1.82) is 0 Å². The Morgan fingerprint density at radius 2 is 1.89 bits per heavy atom. The normalized spacial score (nSPS) is 24.4. The fourth-order valence-corrected chi connectivity index (χ4v) is 1.46. The number of rotatable bonds is 2. The van der Waals surface area contributed by atoms with Gasteiger partial charge in [0.25, 0.3) is 0 Å². The van der Waals surface area contributed by atoms with Gasteiger partial charge in [-0.3, -0.25) is 4.99 Å². The van der Waals surface area contributed by atoms with E-state index in [9.17, 15) is 31.1 Å². The molecule has 1 atom stereocenters. The first kappa shape index (κ1) is 15.3. The van der Waals surface area contributed by atoms with Gasteiger partial charge in [-0.05, 0) is 6.42 Å². The van der Waals surface area contributed by atoms with Crippen molar-refractivity contribution in [1.82, 2.24) is 5.32 Å². The number of aliphatic carboxylic acids is 1. The lowest BCUT2D eigenvalue weighted by Gasteiger charge is -2.36. The third-order valence-electron chi connectivity index (χ3n) is 2.51. The summed E-state index contributed by atoms with van der Waals surface area (Å²) in [5, 5.41) is 9.73. The quantitative estimate of drug-likeness (QED) is 0.767. The van der Waals surface area contributed by atoms with Crippen LogP contribution in [0.1, 0.15) is 13.3 Å². The minimum atomic E-state index is -5.26. The summed E-state index contributed by atoms with van der Waals surface area (Å²) >= 11 is 0. The third kappa shape index (κ3) is 2.66. The average Bonchev–Trinajstić information content (AvgIpc) is 2.25. The van der Waals surface area contributed by atoms with E-state index in [0.717, 1.165) is 6.92 Å². The molecule has 1 rings (SSSR count). The second-order valence-electron chi connectivity index (χ2n) is 3.69. The Morgan fingerprint density at radius 3 is 2.21 bits per heavy atom. The fourth-order valence-electron chi connectivity index (χ4n) is 1.46. The molecule has 4 nitrogen and oxygen atoms in total. The predicted molar refractivity (Wildman–Crippen MR) is 51.4 cm³/mol. The molecule has 2 N–H and O–H groups in total. The van der Waals surface area contributed by atoms with Gasteiger partial charge in [0.15, 0.2) is 0 Å². The van der Waals surface area contributed by atoms with E-state index >= 15 is 0 Å². The molecular formula is C9H8F6N2O2. The Bertz CT molecular complexity index is 451. The Kier molecular flexibility index (Phi) is 3.57. The molecule has 1 unspecified atom stereocenters. The minimum absolute atomic E-state index is 0.0820. The summed E-state index contributed by atoms with van der Waals surface area (Å²) in [6, 6.07) is 0. The molecule has 0 aromatic carbocycles. The van der Waals surface area contributed by atoms with Crippen molar-refractivity contribution in [2.24, 2.45) is 4.99 Å². The van der Waals surface area contributed by atoms with Crippen LogP contribution in [0.25, 0.3) is 0 Å². The van der Waals surface area contributed by atoms with Crippen molar-refractivity contribution < 1.29 is 36.2 Å². The molecule has 0 saturated heterocycles. The van der Waals surface area contributed by atoms with Crippen LogP contribution < -0.4 is 5.32 Å². The maximum absolute atomic E-state index is 12.8. The molecule has 10 heteroatoms. The summed E-state index contributed by atoms with van der Waals surface area (Å²) in [5.41, 5.74) is -6.49. The standard InChI is InChI=1S/C9H8F6N2O2/c1-2-7(9(13,14)15)16-3-4(6(18)19)5(17-7)8(10,11)12/h3,17H,2H2,1H3,(H,18,19). The van der Waals surface area contributed by atoms with Crippen LogP contribution in [0.5, 0.6) is 0 Å². The molecule has 1 heterocycles. The summed E-state index contributed by atoms with van der Waals surface area (Å²) in [6.45, 7) is 0.984. The van der Waals surface area contributed by atoms with Gasteiger partial charge in [-0.25, -0.2) is 4.79 Å². The lowest BCUT2D eigenvalue weighted by atomic mass is 10.0. The van der Waals surface area contributed by atoms with Gasteiger partial charge in [-0.15, -0.1) is 0 Å². The number of nitrogens with one attached hydrogen (secondary N) is 1. The fraction of sp³-hybridized carbons (Fsp3) is 0.556. The maximum Gasteiger partial charge on any atom is 0.432 e. The number of alkyl halides is 6. The summed E-state index contributed by atoms with van der Waals surface area (Å²) in [6.07, 6.45) is -11.1. The molecule has 0 aromatic rings. The molecule has 19 heavy (non-hydrogen) atoms. The third-order valence-corrected chi connectivity index (χ3v) is 2.51. The van der Waals surface area contributed by atoms with Gasteiger partial charge in [-0.1, -0.05) is 6.92 Å². The molecule has 1 aliphatic rings. The molecule has 0 amide bonds. The topological polar surface area (TPSA) is 61.7 Å². The molecule has 1 aliphatic heterocycles. The number of allylic oxidation sites excluding steroid dienone is 1. The first-order chi connectivity index (χ1) is 8.44. The molecule has 0 aromatic heterocycles. The lowest BCUT2D eigenvalue weighted by molar-refractivity contribution is -0.199. The number of carbonyl (C=O) groups is 1. The van der Waals surface area contributed by atoms with Gasteiger partial charge in [-0.2, -0.15) is 26.3 Å². The van der Waals surface area contributed by atoms with E-state index in [1.165, 1.54) is 5.32 Å². The molecule has 0 aliphatic carbocycles. The predicted octanol–water partition coefficient (Wildman–Crippen LogP) is 2.23. The number of aliphatic imine (C=N–C) groups is 1. The van der Waals surface area contributed by atoms with Crippen LogP contribution in [0, 0.1) is 0 Å². The van der Waals surface area contributed by atoms with Crippen molar-refractivity contribution in [2.75, 3.05) is 0 Å². The first-order valence-corrected chi connectivity index (χ1v) is 4.89. The molecule has 108 valence electrons. The number of carboxylic acid groups (broad SMARTS) is 1. The molecule has 0 radical (unpaired) electrons. The van der Waals surface area contributed by atoms with Gasteiger partial charge in [0.2, 0.25) is 5.66 Å². The van der Waals surface area contributed by atoms with Crippen molar-refractivity contribution in [2.45, 2.75) is 31.4 Å². The second kappa shape index (κ2) is 4.42. The Morgan fingerprint density at radius 1 is 1.37 bits per heavy atom. The Hall–Kier alpha value is -1.74. The van der Waals surface area contributed by atoms with Crippen LogP contribution in [0.3, 0.4) is 0 Å². The van der Waals surface area contributed by atoms with Crippen molar-refractivity contribution in [3.05, 3.63) is 11.3 Å². The maximum atomic E-state index is 12.8. The van der Waals surface area contributed by atoms with Crippen LogP contribution in [-0.2, 0) is 4.79 Å². The first-order valence-electron chi connectivity index (χ1n) is 4.89. The zero-order chi connectivity index (χ0) is 15.1. The highest BCUT2D eigenvalue weighted by Crippen LogP contribution is 2.40. The van der Waals surface area contributed by atoms with Crippen molar-refractivity contribution in [3.8, 4) is 0 Å². The summed E-state index contributed by atoms with van der Waals surface area (Å²) in [4.78, 5) is 13.5. The van der Waals surface area contributed by atoms with Crippen LogP contribution in [0.4, 0.5) is 26.3 Å². The van der Waals surface area contributed by atoms with Gasteiger partial charge in [0.1, 0.15) is 11.3 Å². The van der Waals surface area contributed by atoms with Crippen molar-refractivity contribution in [3.63, 3.8) is 0 Å². The molecular weight excluding hydrogens is 282 g/mol. The van der Waals surface area contributed by atoms with Crippen LogP contribution in [-0.4, -0.2) is 35.3 Å². The monoisotopic (exact) mass is 290 g/mol. The molecule has 0 spiro atoms. The number of hydrogen-bond donors (Lipinski definition) is 2. The number of nitrogens with zero attached hydrogens (tertiary/aromatic N) is 1. The molecule has 0 saturated carbocycles. The van der Waals surface area contributed by atoms with Crippen LogP contribution in [0.2, 0.25) is 0 Å². The number of hydrogen-bond acceptors (Lipinski definition) is 3. The van der Waals surface area contributed by atoms with Gasteiger partial charge < -0.3 is 10.4 Å². The van der Waals surface area contributed by atoms with E-state index in [4.69, 9.17) is 5.11 Å². The number of carboxylic acids is 1. The van der Waals surface area contributed by atoms with Crippen LogP contribution >= 0.6 is 0 Å².